The van der Waals surface area contributed by atoms with Crippen LogP contribution in [0, 0.1) is 13.8 Å². The maximum Gasteiger partial charge on any atom is 0.344 e. The van der Waals surface area contributed by atoms with Crippen molar-refractivity contribution in [1.29, 1.82) is 0 Å². The van der Waals surface area contributed by atoms with Crippen LogP contribution in [0.1, 0.15) is 68.6 Å². The molecule has 0 unspecified atom stereocenters. The summed E-state index contributed by atoms with van der Waals surface area (Å²) in [5.41, 5.74) is 1.77. The van der Waals surface area contributed by atoms with Gasteiger partial charge >= 0.3 is 6.05 Å². The first-order valence-corrected chi connectivity index (χ1v) is 10.3. The highest BCUT2D eigenvalue weighted by molar-refractivity contribution is 6.34. The third-order valence-electron chi connectivity index (χ3n) is 4.67. The van der Waals surface area contributed by atoms with E-state index in [2.05, 4.69) is 5.32 Å². The largest absolute Gasteiger partial charge is 0.507 e. The van der Waals surface area contributed by atoms with Gasteiger partial charge in [0, 0.05) is 12.5 Å². The molecule has 1 amide bonds. The smallest absolute Gasteiger partial charge is 0.344 e. The van der Waals surface area contributed by atoms with Gasteiger partial charge in [0.05, 0.1) is 22.0 Å². The first-order chi connectivity index (χ1) is 14.1. The number of hydrogen-bond acceptors (Lipinski definition) is 4. The lowest BCUT2D eigenvalue weighted by Crippen LogP contribution is -2.36. The highest BCUT2D eigenvalue weighted by Crippen LogP contribution is 2.37. The SMILES string of the molecule is CC.Cc1cc(C(C)(C)C)c(O)c(C(=O)Nc2ccc(N(O)C(C)(F)F)cc2Cl)c1C. The van der Waals surface area contributed by atoms with Crippen molar-refractivity contribution in [2.24, 2.45) is 0 Å². The number of halogens is 3. The summed E-state index contributed by atoms with van der Waals surface area (Å²) in [6.07, 6.45) is 0. The molecule has 0 aliphatic rings. The lowest BCUT2D eigenvalue weighted by molar-refractivity contribution is -0.0557. The lowest BCUT2D eigenvalue weighted by Gasteiger charge is -2.25. The molecule has 0 aliphatic heterocycles. The van der Waals surface area contributed by atoms with Gasteiger partial charge in [-0.05, 0) is 48.6 Å². The topological polar surface area (TPSA) is 72.8 Å². The second-order valence-corrected chi connectivity index (χ2v) is 8.52. The molecule has 5 nitrogen and oxygen atoms in total. The first kappa shape index (κ1) is 26.7. The molecular formula is C23H31ClF2N2O3. The molecule has 0 heterocycles. The average molecular weight is 457 g/mol. The molecule has 0 spiro atoms. The fraction of sp³-hybridized carbons (Fsp3) is 0.435. The third-order valence-corrected chi connectivity index (χ3v) is 4.98. The van der Waals surface area contributed by atoms with Crippen LogP contribution in [0.15, 0.2) is 24.3 Å². The maximum atomic E-state index is 13.3. The van der Waals surface area contributed by atoms with Gasteiger partial charge in [0.25, 0.3) is 5.91 Å². The predicted molar refractivity (Wildman–Crippen MR) is 122 cm³/mol. The Labute approximate surface area is 187 Å². The summed E-state index contributed by atoms with van der Waals surface area (Å²) in [4.78, 5) is 12.9. The molecule has 0 atom stereocenters. The average Bonchev–Trinajstić information content (AvgIpc) is 2.65. The molecule has 0 saturated heterocycles. The van der Waals surface area contributed by atoms with Crippen LogP contribution in [0.3, 0.4) is 0 Å². The Hall–Kier alpha value is -2.38. The summed E-state index contributed by atoms with van der Waals surface area (Å²) in [6, 6.07) is 1.96. The van der Waals surface area contributed by atoms with Gasteiger partial charge < -0.3 is 10.4 Å². The number of carbonyl (C=O) groups is 1. The number of phenolic OH excluding ortho intramolecular Hbond substituents is 1. The minimum atomic E-state index is -3.50. The Balaban J connectivity index is 0.00000233. The Morgan fingerprint density at radius 2 is 1.65 bits per heavy atom. The molecule has 0 aromatic heterocycles. The molecule has 2 rings (SSSR count). The van der Waals surface area contributed by atoms with Gasteiger partial charge in [-0.1, -0.05) is 52.3 Å². The van der Waals surface area contributed by atoms with Crippen LogP contribution in [0.5, 0.6) is 5.75 Å². The molecule has 0 radical (unpaired) electrons. The maximum absolute atomic E-state index is 13.3. The van der Waals surface area contributed by atoms with Gasteiger partial charge in [0.1, 0.15) is 5.75 Å². The van der Waals surface area contributed by atoms with Crippen LogP contribution in [0.2, 0.25) is 5.02 Å². The first-order valence-electron chi connectivity index (χ1n) is 9.96. The van der Waals surface area contributed by atoms with Gasteiger partial charge in [-0.15, -0.1) is 0 Å². The summed E-state index contributed by atoms with van der Waals surface area (Å²) in [7, 11) is 0. The van der Waals surface area contributed by atoms with Gasteiger partial charge in [-0.25, -0.2) is 0 Å². The Bertz CT molecular complexity index is 951. The molecule has 3 N–H and O–H groups in total. The van der Waals surface area contributed by atoms with Crippen molar-refractivity contribution >= 4 is 28.9 Å². The molecule has 0 bridgehead atoms. The van der Waals surface area contributed by atoms with E-state index in [0.717, 1.165) is 11.6 Å². The normalized spacial score (nSPS) is 11.5. The molecule has 2 aromatic rings. The second kappa shape index (κ2) is 9.83. The zero-order chi connectivity index (χ0) is 24.3. The summed E-state index contributed by atoms with van der Waals surface area (Å²) in [6.45, 7) is 13.9. The molecule has 0 fully saturated rings. The number of rotatable bonds is 4. The highest BCUT2D eigenvalue weighted by atomic mass is 35.5. The number of hydrogen-bond donors (Lipinski definition) is 3. The quantitative estimate of drug-likeness (QED) is 0.340. The Morgan fingerprint density at radius 1 is 1.10 bits per heavy atom. The van der Waals surface area contributed by atoms with Crippen molar-refractivity contribution in [3.8, 4) is 5.75 Å². The third kappa shape index (κ3) is 6.08. The number of amides is 1. The van der Waals surface area contributed by atoms with E-state index < -0.39 is 12.0 Å². The highest BCUT2D eigenvalue weighted by Gasteiger charge is 2.31. The summed E-state index contributed by atoms with van der Waals surface area (Å²) >= 11 is 6.11. The number of aromatic hydroxyl groups is 1. The Morgan fingerprint density at radius 3 is 2.10 bits per heavy atom. The molecule has 31 heavy (non-hydrogen) atoms. The van der Waals surface area contributed by atoms with Crippen molar-refractivity contribution in [2.75, 3.05) is 10.4 Å². The Kier molecular flexibility index (Phi) is 8.45. The van der Waals surface area contributed by atoms with E-state index in [1.54, 1.807) is 6.92 Å². The number of nitrogens with zero attached hydrogens (tertiary/aromatic N) is 1. The van der Waals surface area contributed by atoms with Crippen molar-refractivity contribution in [3.05, 3.63) is 51.5 Å². The standard InChI is InChI=1S/C21H25ClF2N2O3.C2H6/c1-11-9-14(20(3,4)5)18(27)17(12(11)2)19(28)25-16-8-7-13(10-15(16)22)26(29)21(6,23)24;1-2/h7-10,27,29H,1-6H3,(H,25,28);1-2H3. The van der Waals surface area contributed by atoms with Crippen LogP contribution >= 0.6 is 11.6 Å². The fourth-order valence-electron chi connectivity index (χ4n) is 2.90. The van der Waals surface area contributed by atoms with Gasteiger partial charge in [0.15, 0.2) is 0 Å². The number of alkyl halides is 2. The van der Waals surface area contributed by atoms with E-state index in [1.807, 2.05) is 47.6 Å². The zero-order valence-corrected chi connectivity index (χ0v) is 19.9. The zero-order valence-electron chi connectivity index (χ0n) is 19.2. The number of nitrogens with one attached hydrogen (secondary N) is 1. The van der Waals surface area contributed by atoms with Crippen molar-refractivity contribution in [1.82, 2.24) is 0 Å². The van der Waals surface area contributed by atoms with E-state index in [9.17, 15) is 23.9 Å². The van der Waals surface area contributed by atoms with Crippen molar-refractivity contribution < 1.29 is 23.9 Å². The van der Waals surface area contributed by atoms with E-state index in [-0.39, 0.29) is 38.2 Å². The van der Waals surface area contributed by atoms with E-state index in [4.69, 9.17) is 11.6 Å². The molecule has 0 aliphatic carbocycles. The summed E-state index contributed by atoms with van der Waals surface area (Å²) < 4.78 is 26.5. The van der Waals surface area contributed by atoms with Crippen LogP contribution in [0.4, 0.5) is 20.2 Å². The van der Waals surface area contributed by atoms with Gasteiger partial charge in [-0.3, -0.25) is 10.0 Å². The minimum absolute atomic E-state index is 0.0417. The second-order valence-electron chi connectivity index (χ2n) is 8.11. The molecule has 172 valence electrons. The monoisotopic (exact) mass is 456 g/mol. The van der Waals surface area contributed by atoms with E-state index in [0.29, 0.717) is 18.1 Å². The van der Waals surface area contributed by atoms with Crippen molar-refractivity contribution in [3.63, 3.8) is 0 Å². The van der Waals surface area contributed by atoms with Gasteiger partial charge in [0.2, 0.25) is 0 Å². The number of anilines is 2. The molecule has 2 aromatic carbocycles. The van der Waals surface area contributed by atoms with Crippen LogP contribution in [-0.4, -0.2) is 22.3 Å². The number of aryl methyl sites for hydroxylation is 1. The number of benzene rings is 2. The van der Waals surface area contributed by atoms with E-state index >= 15 is 0 Å². The molecule has 8 heteroatoms. The predicted octanol–water partition coefficient (Wildman–Crippen LogP) is 7.05. The van der Waals surface area contributed by atoms with Crippen LogP contribution < -0.4 is 10.4 Å². The molecule has 0 saturated carbocycles. The number of hydroxylamine groups is 1. The minimum Gasteiger partial charge on any atom is -0.507 e. The fourth-order valence-corrected chi connectivity index (χ4v) is 3.12. The number of phenols is 1. The van der Waals surface area contributed by atoms with E-state index in [1.165, 1.54) is 12.1 Å². The van der Waals surface area contributed by atoms with Crippen LogP contribution in [-0.2, 0) is 5.41 Å². The van der Waals surface area contributed by atoms with Crippen LogP contribution in [0.25, 0.3) is 0 Å². The summed E-state index contributed by atoms with van der Waals surface area (Å²) in [5, 5.41) is 22.6. The van der Waals surface area contributed by atoms with Crippen molar-refractivity contribution in [2.45, 2.75) is 66.9 Å². The summed E-state index contributed by atoms with van der Waals surface area (Å²) in [5.74, 6) is -0.691. The number of carbonyl (C=O) groups excluding carboxylic acids is 1. The lowest BCUT2D eigenvalue weighted by atomic mass is 9.82. The molecular weight excluding hydrogens is 426 g/mol. The van der Waals surface area contributed by atoms with Gasteiger partial charge in [-0.2, -0.15) is 13.8 Å².